The molecule has 6 nitrogen and oxygen atoms in total. The molecule has 9 heteroatoms. The monoisotopic (exact) mass is 358 g/mol. The van der Waals surface area contributed by atoms with Gasteiger partial charge >= 0.3 is 6.18 Å². The Morgan fingerprint density at radius 3 is 2.56 bits per heavy atom. The molecule has 0 radical (unpaired) electrons. The third-order valence-corrected chi connectivity index (χ3v) is 4.02. The van der Waals surface area contributed by atoms with Crippen LogP contribution in [0.5, 0.6) is 0 Å². The molecule has 0 saturated carbocycles. The van der Waals surface area contributed by atoms with Crippen LogP contribution in [-0.2, 0) is 6.18 Å². The third-order valence-electron chi connectivity index (χ3n) is 4.02. The Bertz CT molecular complexity index is 579. The minimum absolute atomic E-state index is 0.0353. The average molecular weight is 358 g/mol. The number of piperidine rings is 1. The van der Waals surface area contributed by atoms with Crippen LogP contribution in [0.15, 0.2) is 17.3 Å². The van der Waals surface area contributed by atoms with Crippen molar-refractivity contribution in [2.75, 3.05) is 38.5 Å². The molecule has 0 spiro atoms. The van der Waals surface area contributed by atoms with Crippen molar-refractivity contribution >= 4 is 11.9 Å². The number of alkyl halides is 3. The molecule has 2 N–H and O–H groups in total. The first-order valence-corrected chi connectivity index (χ1v) is 8.39. The second kappa shape index (κ2) is 8.35. The Hall–Kier alpha value is -2.06. The van der Waals surface area contributed by atoms with Gasteiger partial charge in [0.15, 0.2) is 5.96 Å². The summed E-state index contributed by atoms with van der Waals surface area (Å²) in [4.78, 5) is 13.8. The second-order valence-electron chi connectivity index (χ2n) is 6.52. The molecule has 1 aliphatic rings. The first kappa shape index (κ1) is 19.3. The fourth-order valence-electron chi connectivity index (χ4n) is 3.12. The molecule has 0 bridgehead atoms. The van der Waals surface area contributed by atoms with E-state index in [1.165, 1.54) is 6.42 Å². The Morgan fingerprint density at radius 1 is 1.28 bits per heavy atom. The molecule has 2 atom stereocenters. The molecule has 140 valence electrons. The lowest BCUT2D eigenvalue weighted by molar-refractivity contribution is -0.141. The fraction of sp³-hybridized carbons (Fsp3) is 0.688. The van der Waals surface area contributed by atoms with Crippen LogP contribution in [0.3, 0.4) is 0 Å². The van der Waals surface area contributed by atoms with Gasteiger partial charge in [-0.15, -0.1) is 0 Å². The standard InChI is InChI=1S/C16H25F3N6/c1-11-8-12(2)10-25(9-11)15(20-3)23-7-6-22-14-21-5-4-13(24-14)16(17,18)19/h4-5,11-12H,6-10H2,1-3H3,(H,20,23)(H,21,22,24). The number of nitrogens with one attached hydrogen (secondary N) is 2. The van der Waals surface area contributed by atoms with Gasteiger partial charge in [-0.05, 0) is 24.3 Å². The van der Waals surface area contributed by atoms with E-state index < -0.39 is 11.9 Å². The van der Waals surface area contributed by atoms with Gasteiger partial charge in [0.1, 0.15) is 5.69 Å². The van der Waals surface area contributed by atoms with Gasteiger partial charge in [-0.2, -0.15) is 13.2 Å². The minimum atomic E-state index is -4.47. The van der Waals surface area contributed by atoms with Crippen LogP contribution in [0, 0.1) is 11.8 Å². The zero-order chi connectivity index (χ0) is 18.4. The maximum atomic E-state index is 12.6. The van der Waals surface area contributed by atoms with Crippen molar-refractivity contribution in [1.82, 2.24) is 20.2 Å². The summed E-state index contributed by atoms with van der Waals surface area (Å²) in [6.45, 7) is 7.25. The number of likely N-dealkylation sites (tertiary alicyclic amines) is 1. The molecule has 1 fully saturated rings. The molecular weight excluding hydrogens is 333 g/mol. The maximum absolute atomic E-state index is 12.6. The van der Waals surface area contributed by atoms with Crippen LogP contribution in [-0.4, -0.2) is 54.1 Å². The minimum Gasteiger partial charge on any atom is -0.354 e. The second-order valence-corrected chi connectivity index (χ2v) is 6.52. The summed E-state index contributed by atoms with van der Waals surface area (Å²) in [5.41, 5.74) is -0.954. The largest absolute Gasteiger partial charge is 0.433 e. The van der Waals surface area contributed by atoms with Crippen LogP contribution >= 0.6 is 0 Å². The SMILES string of the molecule is CN=C(NCCNc1nccc(C(F)(F)F)n1)N1CC(C)CC(C)C1. The van der Waals surface area contributed by atoms with Crippen molar-refractivity contribution in [3.63, 3.8) is 0 Å². The van der Waals surface area contributed by atoms with Crippen molar-refractivity contribution in [2.24, 2.45) is 16.8 Å². The molecule has 2 unspecified atom stereocenters. The van der Waals surface area contributed by atoms with Gasteiger partial charge in [0.2, 0.25) is 5.95 Å². The Labute approximate surface area is 145 Å². The van der Waals surface area contributed by atoms with Gasteiger partial charge in [-0.1, -0.05) is 13.8 Å². The third kappa shape index (κ3) is 5.75. The van der Waals surface area contributed by atoms with Crippen LogP contribution in [0.25, 0.3) is 0 Å². The van der Waals surface area contributed by atoms with Crippen molar-refractivity contribution in [1.29, 1.82) is 0 Å². The lowest BCUT2D eigenvalue weighted by Crippen LogP contribution is -2.49. The molecule has 2 rings (SSSR count). The molecule has 0 amide bonds. The molecule has 1 saturated heterocycles. The van der Waals surface area contributed by atoms with Crippen molar-refractivity contribution in [3.8, 4) is 0 Å². The summed E-state index contributed by atoms with van der Waals surface area (Å²) in [5.74, 6) is 2.00. The van der Waals surface area contributed by atoms with E-state index in [-0.39, 0.29) is 5.95 Å². The highest BCUT2D eigenvalue weighted by Gasteiger charge is 2.32. The number of hydrogen-bond donors (Lipinski definition) is 2. The zero-order valence-electron chi connectivity index (χ0n) is 14.8. The molecule has 25 heavy (non-hydrogen) atoms. The first-order valence-electron chi connectivity index (χ1n) is 8.39. The molecule has 0 aromatic carbocycles. The molecular formula is C16H25F3N6. The van der Waals surface area contributed by atoms with Crippen LogP contribution in [0.2, 0.25) is 0 Å². The van der Waals surface area contributed by atoms with Gasteiger partial charge in [0.25, 0.3) is 0 Å². The molecule has 0 aliphatic carbocycles. The number of aromatic nitrogens is 2. The number of rotatable bonds is 4. The smallest absolute Gasteiger partial charge is 0.354 e. The van der Waals surface area contributed by atoms with Gasteiger partial charge in [-0.25, -0.2) is 9.97 Å². The highest BCUT2D eigenvalue weighted by atomic mass is 19.4. The van der Waals surface area contributed by atoms with Crippen LogP contribution in [0.4, 0.5) is 19.1 Å². The number of hydrogen-bond acceptors (Lipinski definition) is 4. The quantitative estimate of drug-likeness (QED) is 0.492. The Balaban J connectivity index is 1.82. The van der Waals surface area contributed by atoms with E-state index in [2.05, 4.69) is 44.3 Å². The summed E-state index contributed by atoms with van der Waals surface area (Å²) in [5, 5.41) is 6.03. The van der Waals surface area contributed by atoms with Crippen molar-refractivity contribution in [2.45, 2.75) is 26.4 Å². The predicted octanol–water partition coefficient (Wildman–Crippen LogP) is 2.46. The molecule has 1 aromatic heterocycles. The van der Waals surface area contributed by atoms with Gasteiger partial charge in [0.05, 0.1) is 0 Å². The van der Waals surface area contributed by atoms with Crippen molar-refractivity contribution < 1.29 is 13.2 Å². The van der Waals surface area contributed by atoms with Crippen LogP contribution < -0.4 is 10.6 Å². The summed E-state index contributed by atoms with van der Waals surface area (Å²) in [6, 6.07) is 0.851. The van der Waals surface area contributed by atoms with E-state index >= 15 is 0 Å². The number of guanidine groups is 1. The zero-order valence-corrected chi connectivity index (χ0v) is 14.8. The summed E-state index contributed by atoms with van der Waals surface area (Å²) in [7, 11) is 1.73. The topological polar surface area (TPSA) is 65.4 Å². The van der Waals surface area contributed by atoms with E-state index in [4.69, 9.17) is 0 Å². The Kier molecular flexibility index (Phi) is 6.44. The Morgan fingerprint density at radius 2 is 1.96 bits per heavy atom. The van der Waals surface area contributed by atoms with E-state index in [9.17, 15) is 13.2 Å². The highest BCUT2D eigenvalue weighted by Crippen LogP contribution is 2.27. The number of aliphatic imine (C=N–C) groups is 1. The summed E-state index contributed by atoms with van der Waals surface area (Å²) < 4.78 is 37.9. The highest BCUT2D eigenvalue weighted by molar-refractivity contribution is 5.80. The molecule has 2 heterocycles. The predicted molar refractivity (Wildman–Crippen MR) is 91.4 cm³/mol. The van der Waals surface area contributed by atoms with Crippen molar-refractivity contribution in [3.05, 3.63) is 18.0 Å². The first-order chi connectivity index (χ1) is 11.8. The fourth-order valence-corrected chi connectivity index (χ4v) is 3.12. The molecule has 1 aliphatic heterocycles. The van der Waals surface area contributed by atoms with E-state index in [0.717, 1.165) is 31.3 Å². The summed E-state index contributed by atoms with van der Waals surface area (Å²) in [6.07, 6.45) is -2.16. The lowest BCUT2D eigenvalue weighted by Gasteiger charge is -2.37. The lowest BCUT2D eigenvalue weighted by atomic mass is 9.92. The summed E-state index contributed by atoms with van der Waals surface area (Å²) >= 11 is 0. The number of halogens is 3. The number of anilines is 1. The molecule has 1 aromatic rings. The van der Waals surface area contributed by atoms with E-state index in [1.807, 2.05) is 0 Å². The maximum Gasteiger partial charge on any atom is 0.433 e. The van der Waals surface area contributed by atoms with Crippen LogP contribution in [0.1, 0.15) is 26.0 Å². The average Bonchev–Trinajstić information content (AvgIpc) is 2.53. The van der Waals surface area contributed by atoms with E-state index in [0.29, 0.717) is 24.9 Å². The normalized spacial score (nSPS) is 22.0. The van der Waals surface area contributed by atoms with Gasteiger partial charge in [0, 0.05) is 39.4 Å². The number of nitrogens with zero attached hydrogens (tertiary/aromatic N) is 4. The van der Waals surface area contributed by atoms with Gasteiger partial charge in [-0.3, -0.25) is 4.99 Å². The van der Waals surface area contributed by atoms with Gasteiger partial charge < -0.3 is 15.5 Å². The van der Waals surface area contributed by atoms with E-state index in [1.54, 1.807) is 7.05 Å².